The summed E-state index contributed by atoms with van der Waals surface area (Å²) in [7, 11) is 3.25. The minimum Gasteiger partial charge on any atom is -0.495 e. The van der Waals surface area contributed by atoms with Crippen LogP contribution in [0.15, 0.2) is 30.7 Å². The molecule has 0 amide bonds. The van der Waals surface area contributed by atoms with E-state index in [4.69, 9.17) is 9.47 Å². The molecule has 6 nitrogen and oxygen atoms in total. The Hall–Kier alpha value is -2.76. The average Bonchev–Trinajstić information content (AvgIpc) is 2.98. The number of ether oxygens (including phenoxy) is 2. The highest BCUT2D eigenvalue weighted by atomic mass is 16.5. The quantitative estimate of drug-likeness (QED) is 0.770. The third-order valence-corrected chi connectivity index (χ3v) is 3.25. The average molecular weight is 284 g/mol. The number of nitrogens with one attached hydrogen (secondary N) is 2. The van der Waals surface area contributed by atoms with Gasteiger partial charge < -0.3 is 19.8 Å². The number of H-pyrrole nitrogens is 1. The minimum atomic E-state index is 0.649. The molecule has 1 aromatic carbocycles. The first kappa shape index (κ1) is 13.2. The number of benzene rings is 1. The molecule has 0 aliphatic heterocycles. The number of fused-ring (bicyclic) bond motifs is 1. The standard InChI is InChI=1S/C15H16N4O2/c1-9-4-5-11(20-2)10(6-9)19-15-14-13(17-8-18-14)12(21-3)7-16-15/h4-8H,1-3H3,(H,16,19)(H,17,18). The molecule has 3 aromatic rings. The van der Waals surface area contributed by atoms with Crippen LogP contribution in [0.25, 0.3) is 11.0 Å². The summed E-state index contributed by atoms with van der Waals surface area (Å²) >= 11 is 0. The molecule has 108 valence electrons. The molecule has 21 heavy (non-hydrogen) atoms. The van der Waals surface area contributed by atoms with Crippen molar-refractivity contribution in [3.8, 4) is 11.5 Å². The molecule has 0 unspecified atom stereocenters. The number of methoxy groups -OCH3 is 2. The Morgan fingerprint density at radius 3 is 2.67 bits per heavy atom. The van der Waals surface area contributed by atoms with E-state index in [0.717, 1.165) is 28.0 Å². The molecule has 0 bridgehead atoms. The Labute approximate surface area is 122 Å². The van der Waals surface area contributed by atoms with Crippen molar-refractivity contribution in [3.63, 3.8) is 0 Å². The smallest absolute Gasteiger partial charge is 0.163 e. The van der Waals surface area contributed by atoms with Crippen molar-refractivity contribution in [3.05, 3.63) is 36.3 Å². The van der Waals surface area contributed by atoms with Gasteiger partial charge in [-0.1, -0.05) is 6.07 Å². The van der Waals surface area contributed by atoms with Gasteiger partial charge in [-0.05, 0) is 24.6 Å². The highest BCUT2D eigenvalue weighted by molar-refractivity contribution is 5.91. The van der Waals surface area contributed by atoms with Crippen LogP contribution in [0.3, 0.4) is 0 Å². The van der Waals surface area contributed by atoms with Crippen molar-refractivity contribution in [2.45, 2.75) is 6.92 Å². The number of aryl methyl sites for hydroxylation is 1. The second-order valence-corrected chi connectivity index (χ2v) is 4.63. The number of pyridine rings is 1. The third-order valence-electron chi connectivity index (χ3n) is 3.25. The lowest BCUT2D eigenvalue weighted by atomic mass is 10.2. The number of aromatic nitrogens is 3. The molecule has 2 heterocycles. The summed E-state index contributed by atoms with van der Waals surface area (Å²) < 4.78 is 10.6. The normalized spacial score (nSPS) is 10.6. The molecule has 0 saturated heterocycles. The van der Waals surface area contributed by atoms with E-state index in [1.54, 1.807) is 26.7 Å². The summed E-state index contributed by atoms with van der Waals surface area (Å²) in [6.07, 6.45) is 3.28. The van der Waals surface area contributed by atoms with Gasteiger partial charge >= 0.3 is 0 Å². The monoisotopic (exact) mass is 284 g/mol. The number of aromatic amines is 1. The second-order valence-electron chi connectivity index (χ2n) is 4.63. The van der Waals surface area contributed by atoms with Crippen LogP contribution >= 0.6 is 0 Å². The number of rotatable bonds is 4. The molecule has 0 spiro atoms. The van der Waals surface area contributed by atoms with Gasteiger partial charge in [0.05, 0.1) is 32.4 Å². The summed E-state index contributed by atoms with van der Waals surface area (Å²) in [4.78, 5) is 11.7. The van der Waals surface area contributed by atoms with Crippen LogP contribution < -0.4 is 14.8 Å². The molecule has 0 atom stereocenters. The van der Waals surface area contributed by atoms with Crippen LogP contribution in [-0.2, 0) is 0 Å². The lowest BCUT2D eigenvalue weighted by Crippen LogP contribution is -1.99. The fraction of sp³-hybridized carbons (Fsp3) is 0.200. The first-order chi connectivity index (χ1) is 10.2. The fourth-order valence-electron chi connectivity index (χ4n) is 2.20. The van der Waals surface area contributed by atoms with Gasteiger partial charge in [0.15, 0.2) is 11.6 Å². The van der Waals surface area contributed by atoms with Gasteiger partial charge in [0.25, 0.3) is 0 Å². The van der Waals surface area contributed by atoms with Crippen LogP contribution in [0.2, 0.25) is 0 Å². The molecule has 0 aliphatic rings. The van der Waals surface area contributed by atoms with Gasteiger partial charge in [-0.25, -0.2) is 9.97 Å². The molecule has 0 fully saturated rings. The maximum absolute atomic E-state index is 5.37. The van der Waals surface area contributed by atoms with Crippen molar-refractivity contribution in [1.82, 2.24) is 15.0 Å². The highest BCUT2D eigenvalue weighted by Crippen LogP contribution is 2.32. The molecule has 3 rings (SSSR count). The predicted octanol–water partition coefficient (Wildman–Crippen LogP) is 3.03. The van der Waals surface area contributed by atoms with Crippen LogP contribution in [0, 0.1) is 6.92 Å². The number of hydrogen-bond acceptors (Lipinski definition) is 5. The third kappa shape index (κ3) is 2.35. The lowest BCUT2D eigenvalue weighted by molar-refractivity contribution is 0.416. The van der Waals surface area contributed by atoms with Crippen LogP contribution in [-0.4, -0.2) is 29.2 Å². The number of hydrogen-bond donors (Lipinski definition) is 2. The number of anilines is 2. The SMILES string of the molecule is COc1ccc(C)cc1Nc1ncc(OC)c2[nH]cnc12. The van der Waals surface area contributed by atoms with E-state index >= 15 is 0 Å². The Kier molecular flexibility index (Phi) is 3.35. The summed E-state index contributed by atoms with van der Waals surface area (Å²) in [5.41, 5.74) is 3.50. The summed E-state index contributed by atoms with van der Waals surface area (Å²) in [5.74, 6) is 2.06. The molecule has 0 radical (unpaired) electrons. The molecule has 0 aliphatic carbocycles. The zero-order valence-corrected chi connectivity index (χ0v) is 12.1. The summed E-state index contributed by atoms with van der Waals surface area (Å²) in [6.45, 7) is 2.02. The maximum atomic E-state index is 5.37. The van der Waals surface area contributed by atoms with E-state index in [-0.39, 0.29) is 0 Å². The topological polar surface area (TPSA) is 72.1 Å². The largest absolute Gasteiger partial charge is 0.495 e. The van der Waals surface area contributed by atoms with Crippen LogP contribution in [0.5, 0.6) is 11.5 Å². The van der Waals surface area contributed by atoms with Gasteiger partial charge in [0, 0.05) is 0 Å². The molecule has 0 saturated carbocycles. The first-order valence-corrected chi connectivity index (χ1v) is 6.50. The molecular formula is C15H16N4O2. The number of nitrogens with zero attached hydrogens (tertiary/aromatic N) is 2. The maximum Gasteiger partial charge on any atom is 0.163 e. The molecular weight excluding hydrogens is 268 g/mol. The van der Waals surface area contributed by atoms with Crippen molar-refractivity contribution in [2.75, 3.05) is 19.5 Å². The van der Waals surface area contributed by atoms with Gasteiger partial charge in [-0.3, -0.25) is 0 Å². The first-order valence-electron chi connectivity index (χ1n) is 6.50. The summed E-state index contributed by atoms with van der Waals surface area (Å²) in [6, 6.07) is 5.92. The highest BCUT2D eigenvalue weighted by Gasteiger charge is 2.12. The van der Waals surface area contributed by atoms with Gasteiger partial charge in [0.2, 0.25) is 0 Å². The molecule has 6 heteroatoms. The van der Waals surface area contributed by atoms with Gasteiger partial charge in [-0.15, -0.1) is 0 Å². The zero-order chi connectivity index (χ0) is 14.8. The van der Waals surface area contributed by atoms with Crippen molar-refractivity contribution in [1.29, 1.82) is 0 Å². The Bertz CT molecular complexity index is 782. The van der Waals surface area contributed by atoms with E-state index in [9.17, 15) is 0 Å². The van der Waals surface area contributed by atoms with Crippen molar-refractivity contribution < 1.29 is 9.47 Å². The predicted molar refractivity (Wildman–Crippen MR) is 81.5 cm³/mol. The van der Waals surface area contributed by atoms with E-state index in [1.165, 1.54) is 0 Å². The number of imidazole rings is 1. The van der Waals surface area contributed by atoms with E-state index < -0.39 is 0 Å². The Balaban J connectivity index is 2.06. The second kappa shape index (κ2) is 5.32. The molecule has 2 aromatic heterocycles. The lowest BCUT2D eigenvalue weighted by Gasteiger charge is -2.12. The van der Waals surface area contributed by atoms with E-state index in [0.29, 0.717) is 11.6 Å². The van der Waals surface area contributed by atoms with Gasteiger partial charge in [0.1, 0.15) is 16.8 Å². The van der Waals surface area contributed by atoms with Crippen molar-refractivity contribution in [2.24, 2.45) is 0 Å². The van der Waals surface area contributed by atoms with Crippen LogP contribution in [0.4, 0.5) is 11.5 Å². The fourth-order valence-corrected chi connectivity index (χ4v) is 2.20. The summed E-state index contributed by atoms with van der Waals surface area (Å²) in [5, 5.41) is 3.27. The Morgan fingerprint density at radius 1 is 1.10 bits per heavy atom. The van der Waals surface area contributed by atoms with Crippen molar-refractivity contribution >= 4 is 22.5 Å². The van der Waals surface area contributed by atoms with E-state index in [2.05, 4.69) is 20.3 Å². The minimum absolute atomic E-state index is 0.649. The van der Waals surface area contributed by atoms with Gasteiger partial charge in [-0.2, -0.15) is 0 Å². The van der Waals surface area contributed by atoms with Crippen LogP contribution in [0.1, 0.15) is 5.56 Å². The zero-order valence-electron chi connectivity index (χ0n) is 12.1. The Morgan fingerprint density at radius 2 is 1.90 bits per heavy atom. The molecule has 2 N–H and O–H groups in total. The van der Waals surface area contributed by atoms with E-state index in [1.807, 2.05) is 25.1 Å².